The third kappa shape index (κ3) is 3.48. The van der Waals surface area contributed by atoms with Gasteiger partial charge in [-0.25, -0.2) is 4.98 Å². The highest BCUT2D eigenvalue weighted by atomic mass is 16.5. The summed E-state index contributed by atoms with van der Waals surface area (Å²) in [6.07, 6.45) is 6.93. The number of amides is 1. The molecule has 0 atom stereocenters. The normalized spacial score (nSPS) is 14.1. The molecule has 1 aliphatic heterocycles. The van der Waals surface area contributed by atoms with E-state index in [1.807, 2.05) is 47.0 Å². The number of hydrogen-bond donors (Lipinski definition) is 1. The van der Waals surface area contributed by atoms with Crippen LogP contribution in [-0.2, 0) is 7.05 Å². The molecule has 1 aliphatic rings. The first-order valence-corrected chi connectivity index (χ1v) is 9.85. The number of nitrogens with one attached hydrogen (secondary N) is 1. The molecule has 0 aliphatic carbocycles. The highest BCUT2D eigenvalue weighted by molar-refractivity contribution is 6.08. The molecular formula is C22H26N4O3. The Bertz CT molecular complexity index is 1040. The smallest absolute Gasteiger partial charge is 0.257 e. The van der Waals surface area contributed by atoms with Gasteiger partial charge in [0.2, 0.25) is 0 Å². The third-order valence-corrected chi connectivity index (χ3v) is 5.44. The molecule has 1 saturated heterocycles. The van der Waals surface area contributed by atoms with Gasteiger partial charge in [-0.2, -0.15) is 0 Å². The van der Waals surface area contributed by atoms with Crippen molar-refractivity contribution in [3.05, 3.63) is 42.2 Å². The van der Waals surface area contributed by atoms with Crippen LogP contribution in [-0.4, -0.2) is 47.7 Å². The lowest BCUT2D eigenvalue weighted by Gasteiger charge is -2.27. The van der Waals surface area contributed by atoms with Gasteiger partial charge in [-0.3, -0.25) is 4.79 Å². The Kier molecular flexibility index (Phi) is 5.29. The standard InChI is InChI=1S/C22H26N4O3/c1-25-13-10-15-19(25)16(22(27)26-11-5-4-6-12-26)14-23-21(15)24-17-8-7-9-18(28-2)20(17)29-3/h7-10,13-14H,4-6,11-12H2,1-3H3,(H,23,24). The molecule has 0 bridgehead atoms. The summed E-state index contributed by atoms with van der Waals surface area (Å²) in [6.45, 7) is 1.62. The first-order chi connectivity index (χ1) is 14.1. The van der Waals surface area contributed by atoms with E-state index in [9.17, 15) is 4.79 Å². The monoisotopic (exact) mass is 394 g/mol. The number of anilines is 2. The Balaban J connectivity index is 1.74. The van der Waals surface area contributed by atoms with E-state index in [1.165, 1.54) is 6.42 Å². The maximum absolute atomic E-state index is 13.1. The summed E-state index contributed by atoms with van der Waals surface area (Å²) in [5.41, 5.74) is 2.26. The van der Waals surface area contributed by atoms with Crippen LogP contribution in [0.4, 0.5) is 11.5 Å². The van der Waals surface area contributed by atoms with Crippen molar-refractivity contribution in [3.63, 3.8) is 0 Å². The summed E-state index contributed by atoms with van der Waals surface area (Å²) >= 11 is 0. The van der Waals surface area contributed by atoms with E-state index in [-0.39, 0.29) is 5.91 Å². The minimum Gasteiger partial charge on any atom is -0.493 e. The van der Waals surface area contributed by atoms with Crippen LogP contribution in [0.1, 0.15) is 29.6 Å². The number of carbonyl (C=O) groups is 1. The molecule has 2 aromatic heterocycles. The first-order valence-electron chi connectivity index (χ1n) is 9.85. The van der Waals surface area contributed by atoms with Gasteiger partial charge < -0.3 is 24.3 Å². The number of methoxy groups -OCH3 is 2. The van der Waals surface area contributed by atoms with E-state index in [2.05, 4.69) is 10.3 Å². The largest absolute Gasteiger partial charge is 0.493 e. The van der Waals surface area contributed by atoms with Gasteiger partial charge in [0.1, 0.15) is 5.82 Å². The SMILES string of the molecule is COc1cccc(Nc2ncc(C(=O)N3CCCCC3)c3c2ccn3C)c1OC. The maximum Gasteiger partial charge on any atom is 0.257 e. The Morgan fingerprint density at radius 1 is 1.10 bits per heavy atom. The number of aryl methyl sites for hydroxylation is 1. The van der Waals surface area contributed by atoms with Crippen molar-refractivity contribution in [1.29, 1.82) is 0 Å². The molecule has 0 unspecified atom stereocenters. The second-order valence-electron chi connectivity index (χ2n) is 7.23. The molecule has 29 heavy (non-hydrogen) atoms. The number of pyridine rings is 1. The molecule has 1 N–H and O–H groups in total. The summed E-state index contributed by atoms with van der Waals surface area (Å²) in [6, 6.07) is 7.62. The molecule has 1 amide bonds. The van der Waals surface area contributed by atoms with Crippen molar-refractivity contribution in [3.8, 4) is 11.5 Å². The van der Waals surface area contributed by atoms with Crippen LogP contribution in [0.15, 0.2) is 36.7 Å². The van der Waals surface area contributed by atoms with Crippen LogP contribution in [0.25, 0.3) is 10.9 Å². The topological polar surface area (TPSA) is 68.6 Å². The maximum atomic E-state index is 13.1. The molecule has 7 heteroatoms. The molecule has 7 nitrogen and oxygen atoms in total. The average molecular weight is 394 g/mol. The van der Waals surface area contributed by atoms with E-state index in [4.69, 9.17) is 9.47 Å². The van der Waals surface area contributed by atoms with Crippen LogP contribution >= 0.6 is 0 Å². The van der Waals surface area contributed by atoms with Gasteiger partial charge >= 0.3 is 0 Å². The summed E-state index contributed by atoms with van der Waals surface area (Å²) in [5, 5.41) is 4.23. The van der Waals surface area contributed by atoms with Crippen molar-refractivity contribution in [1.82, 2.24) is 14.5 Å². The van der Waals surface area contributed by atoms with Crippen molar-refractivity contribution in [2.45, 2.75) is 19.3 Å². The number of para-hydroxylation sites is 1. The summed E-state index contributed by atoms with van der Waals surface area (Å²) in [4.78, 5) is 19.7. The summed E-state index contributed by atoms with van der Waals surface area (Å²) in [7, 11) is 5.16. The molecule has 0 radical (unpaired) electrons. The fraction of sp³-hybridized carbons (Fsp3) is 0.364. The van der Waals surface area contributed by atoms with Gasteiger partial charge in [0.25, 0.3) is 5.91 Å². The zero-order valence-electron chi connectivity index (χ0n) is 17.1. The fourth-order valence-corrected chi connectivity index (χ4v) is 3.95. The van der Waals surface area contributed by atoms with Crippen molar-refractivity contribution in [2.24, 2.45) is 7.05 Å². The van der Waals surface area contributed by atoms with Gasteiger partial charge in [-0.1, -0.05) is 6.07 Å². The van der Waals surface area contributed by atoms with Gasteiger partial charge in [-0.05, 0) is 37.5 Å². The molecule has 4 rings (SSSR count). The van der Waals surface area contributed by atoms with Crippen molar-refractivity contribution in [2.75, 3.05) is 32.6 Å². The zero-order valence-corrected chi connectivity index (χ0v) is 17.1. The molecule has 152 valence electrons. The minimum absolute atomic E-state index is 0.0505. The minimum atomic E-state index is 0.0505. The van der Waals surface area contributed by atoms with Gasteiger partial charge in [0.05, 0.1) is 31.0 Å². The van der Waals surface area contributed by atoms with Crippen LogP contribution in [0, 0.1) is 0 Å². The van der Waals surface area contributed by atoms with Crippen LogP contribution in [0.2, 0.25) is 0 Å². The number of likely N-dealkylation sites (tertiary alicyclic amines) is 1. The Morgan fingerprint density at radius 2 is 1.90 bits per heavy atom. The quantitative estimate of drug-likeness (QED) is 0.709. The van der Waals surface area contributed by atoms with Crippen LogP contribution in [0.5, 0.6) is 11.5 Å². The number of carbonyl (C=O) groups excluding carboxylic acids is 1. The predicted octanol–water partition coefficient (Wildman–Crippen LogP) is 3.96. The number of nitrogens with zero attached hydrogens (tertiary/aromatic N) is 3. The van der Waals surface area contributed by atoms with E-state index < -0.39 is 0 Å². The molecule has 0 spiro atoms. The number of rotatable bonds is 5. The van der Waals surface area contributed by atoms with Crippen LogP contribution in [0.3, 0.4) is 0 Å². The molecule has 3 heterocycles. The zero-order chi connectivity index (χ0) is 20.4. The number of benzene rings is 1. The lowest BCUT2D eigenvalue weighted by Crippen LogP contribution is -2.35. The lowest BCUT2D eigenvalue weighted by atomic mass is 10.1. The molecule has 0 saturated carbocycles. The summed E-state index contributed by atoms with van der Waals surface area (Å²) in [5.74, 6) is 1.96. The van der Waals surface area contributed by atoms with Gasteiger partial charge in [0.15, 0.2) is 11.5 Å². The van der Waals surface area contributed by atoms with E-state index in [0.29, 0.717) is 22.9 Å². The Morgan fingerprint density at radius 3 is 2.62 bits per heavy atom. The summed E-state index contributed by atoms with van der Waals surface area (Å²) < 4.78 is 12.9. The number of ether oxygens (including phenoxy) is 2. The van der Waals surface area contributed by atoms with E-state index in [0.717, 1.165) is 42.5 Å². The van der Waals surface area contributed by atoms with Crippen LogP contribution < -0.4 is 14.8 Å². The number of aromatic nitrogens is 2. The highest BCUT2D eigenvalue weighted by Crippen LogP contribution is 2.37. The Labute approximate surface area is 170 Å². The molecular weight excluding hydrogens is 368 g/mol. The van der Waals surface area contributed by atoms with Crippen molar-refractivity contribution >= 4 is 28.3 Å². The number of piperidine rings is 1. The van der Waals surface area contributed by atoms with E-state index >= 15 is 0 Å². The number of fused-ring (bicyclic) bond motifs is 1. The van der Waals surface area contributed by atoms with Gasteiger partial charge in [0, 0.05) is 37.9 Å². The molecule has 1 fully saturated rings. The predicted molar refractivity (Wildman–Crippen MR) is 113 cm³/mol. The van der Waals surface area contributed by atoms with E-state index in [1.54, 1.807) is 20.4 Å². The number of hydrogen-bond acceptors (Lipinski definition) is 5. The second-order valence-corrected chi connectivity index (χ2v) is 7.23. The third-order valence-electron chi connectivity index (χ3n) is 5.44. The lowest BCUT2D eigenvalue weighted by molar-refractivity contribution is 0.0725. The molecule has 1 aromatic carbocycles. The highest BCUT2D eigenvalue weighted by Gasteiger charge is 2.23. The fourth-order valence-electron chi connectivity index (χ4n) is 3.95. The second kappa shape index (κ2) is 8.03. The average Bonchev–Trinajstić information content (AvgIpc) is 3.16. The van der Waals surface area contributed by atoms with Crippen molar-refractivity contribution < 1.29 is 14.3 Å². The van der Waals surface area contributed by atoms with Gasteiger partial charge in [-0.15, -0.1) is 0 Å². The molecule has 3 aromatic rings. The Hall–Kier alpha value is -3.22. The first kappa shape index (κ1) is 19.1.